The summed E-state index contributed by atoms with van der Waals surface area (Å²) in [5.41, 5.74) is 3.33. The molecule has 0 saturated heterocycles. The van der Waals surface area contributed by atoms with Crippen molar-refractivity contribution in [1.82, 2.24) is 0 Å². The summed E-state index contributed by atoms with van der Waals surface area (Å²) in [5, 5.41) is 3.30. The molecule has 114 valence electrons. The van der Waals surface area contributed by atoms with Crippen molar-refractivity contribution in [2.45, 2.75) is 16.6 Å². The molecular weight excluding hydrogens is 342 g/mol. The fraction of sp³-hybridized carbons (Fsp3) is 0.105. The zero-order valence-corrected chi connectivity index (χ0v) is 14.7. The normalized spacial score (nSPS) is 17.3. The second kappa shape index (κ2) is 6.52. The van der Waals surface area contributed by atoms with Crippen molar-refractivity contribution in [3.8, 4) is 0 Å². The first kappa shape index (κ1) is 15.0. The lowest BCUT2D eigenvalue weighted by Gasteiger charge is -2.14. The van der Waals surface area contributed by atoms with Gasteiger partial charge >= 0.3 is 0 Å². The maximum Gasteiger partial charge on any atom is 0.0769 e. The number of benzene rings is 2. The first-order valence-corrected chi connectivity index (χ1v) is 9.56. The van der Waals surface area contributed by atoms with Crippen molar-refractivity contribution >= 4 is 46.1 Å². The molecule has 1 aromatic heterocycles. The zero-order chi connectivity index (χ0) is 15.6. The third-order valence-electron chi connectivity index (χ3n) is 3.81. The molecule has 0 radical (unpaired) electrons. The molecule has 23 heavy (non-hydrogen) atoms. The van der Waals surface area contributed by atoms with Crippen molar-refractivity contribution in [3.63, 3.8) is 0 Å². The summed E-state index contributed by atoms with van der Waals surface area (Å²) in [6, 6.07) is 20.7. The lowest BCUT2D eigenvalue weighted by atomic mass is 10.0. The van der Waals surface area contributed by atoms with E-state index in [4.69, 9.17) is 16.6 Å². The van der Waals surface area contributed by atoms with E-state index in [0.29, 0.717) is 5.25 Å². The molecule has 4 rings (SSSR count). The van der Waals surface area contributed by atoms with Gasteiger partial charge in [0.25, 0.3) is 0 Å². The maximum atomic E-state index is 6.03. The first-order chi connectivity index (χ1) is 11.3. The van der Waals surface area contributed by atoms with E-state index in [2.05, 4.69) is 47.8 Å². The molecule has 1 nitrogen and oxygen atoms in total. The van der Waals surface area contributed by atoms with E-state index in [9.17, 15) is 0 Å². The molecule has 0 fully saturated rings. The molecular formula is C19H14ClNS2. The van der Waals surface area contributed by atoms with Gasteiger partial charge in [0.15, 0.2) is 0 Å². The molecule has 0 saturated carbocycles. The summed E-state index contributed by atoms with van der Waals surface area (Å²) in [7, 11) is 0. The number of para-hydroxylation sites is 1. The Morgan fingerprint density at radius 3 is 2.57 bits per heavy atom. The molecule has 0 amide bonds. The van der Waals surface area contributed by atoms with Crippen LogP contribution in [0, 0.1) is 0 Å². The van der Waals surface area contributed by atoms with Crippen LogP contribution in [0.4, 0.5) is 5.69 Å². The molecule has 0 bridgehead atoms. The van der Waals surface area contributed by atoms with Crippen LogP contribution in [-0.4, -0.2) is 5.71 Å². The monoisotopic (exact) mass is 355 g/mol. The Morgan fingerprint density at radius 2 is 1.78 bits per heavy atom. The highest BCUT2D eigenvalue weighted by Crippen LogP contribution is 2.46. The minimum atomic E-state index is 0.396. The number of hydrogen-bond donors (Lipinski definition) is 0. The van der Waals surface area contributed by atoms with Gasteiger partial charge in [0.2, 0.25) is 0 Å². The van der Waals surface area contributed by atoms with E-state index in [1.54, 1.807) is 0 Å². The highest BCUT2D eigenvalue weighted by molar-refractivity contribution is 7.99. The number of nitrogens with zero attached hydrogens (tertiary/aromatic N) is 1. The van der Waals surface area contributed by atoms with Crippen LogP contribution in [-0.2, 0) is 0 Å². The summed E-state index contributed by atoms with van der Waals surface area (Å²) in [6.07, 6.45) is 0.918. The second-order valence-corrected chi connectivity index (χ2v) is 8.02. The highest BCUT2D eigenvalue weighted by atomic mass is 35.5. The van der Waals surface area contributed by atoms with Gasteiger partial charge in [-0.2, -0.15) is 0 Å². The van der Waals surface area contributed by atoms with Gasteiger partial charge in [-0.15, -0.1) is 23.1 Å². The zero-order valence-electron chi connectivity index (χ0n) is 12.3. The average molecular weight is 356 g/mol. The fourth-order valence-corrected chi connectivity index (χ4v) is 4.95. The Labute approximate surface area is 149 Å². The van der Waals surface area contributed by atoms with Gasteiger partial charge in [-0.3, -0.25) is 4.99 Å². The van der Waals surface area contributed by atoms with Gasteiger partial charge in [0.05, 0.1) is 5.69 Å². The molecule has 1 aliphatic rings. The molecule has 2 heterocycles. The van der Waals surface area contributed by atoms with E-state index >= 15 is 0 Å². The number of rotatable bonds is 2. The molecule has 2 aromatic carbocycles. The van der Waals surface area contributed by atoms with Crippen molar-refractivity contribution in [2.75, 3.05) is 0 Å². The predicted octanol–water partition coefficient (Wildman–Crippen LogP) is 6.76. The number of hydrogen-bond acceptors (Lipinski definition) is 3. The van der Waals surface area contributed by atoms with Crippen LogP contribution in [0.3, 0.4) is 0 Å². The van der Waals surface area contributed by atoms with Crippen molar-refractivity contribution in [2.24, 2.45) is 4.99 Å². The van der Waals surface area contributed by atoms with Gasteiger partial charge in [-0.1, -0.05) is 41.9 Å². The molecule has 3 aromatic rings. The minimum Gasteiger partial charge on any atom is -0.252 e. The van der Waals surface area contributed by atoms with E-state index in [1.807, 2.05) is 41.3 Å². The summed E-state index contributed by atoms with van der Waals surface area (Å²) >= 11 is 9.75. The van der Waals surface area contributed by atoms with Crippen molar-refractivity contribution in [1.29, 1.82) is 0 Å². The number of halogens is 1. The van der Waals surface area contributed by atoms with Crippen LogP contribution in [0.5, 0.6) is 0 Å². The molecule has 4 heteroatoms. The molecule has 0 N–H and O–H groups in total. The van der Waals surface area contributed by atoms with E-state index < -0.39 is 0 Å². The third kappa shape index (κ3) is 3.23. The van der Waals surface area contributed by atoms with Crippen LogP contribution < -0.4 is 0 Å². The standard InChI is InChI=1S/C19H14ClNS2/c20-14-9-7-13(8-10-14)16-12-19(18-6-3-11-22-18)23-17-5-2-1-4-15(17)21-16/h1-11,19H,12H2/t19-/m0/s1. The van der Waals surface area contributed by atoms with Crippen LogP contribution in [0.15, 0.2) is 75.9 Å². The average Bonchev–Trinajstić information content (AvgIpc) is 3.03. The molecule has 1 atom stereocenters. The summed E-state index contributed by atoms with van der Waals surface area (Å²) in [6.45, 7) is 0. The third-order valence-corrected chi connectivity index (χ3v) is 6.50. The molecule has 0 unspecified atom stereocenters. The minimum absolute atomic E-state index is 0.396. The van der Waals surface area contributed by atoms with E-state index in [0.717, 1.165) is 28.4 Å². The quantitative estimate of drug-likeness (QED) is 0.494. The van der Waals surface area contributed by atoms with Gasteiger partial charge in [0, 0.05) is 32.2 Å². The summed E-state index contributed by atoms with van der Waals surface area (Å²) in [5.74, 6) is 0. The van der Waals surface area contributed by atoms with Crippen LogP contribution in [0.25, 0.3) is 0 Å². The van der Waals surface area contributed by atoms with E-state index in [1.165, 1.54) is 9.77 Å². The van der Waals surface area contributed by atoms with E-state index in [-0.39, 0.29) is 0 Å². The Kier molecular flexibility index (Phi) is 4.25. The molecule has 1 aliphatic heterocycles. The Morgan fingerprint density at radius 1 is 0.957 bits per heavy atom. The largest absolute Gasteiger partial charge is 0.252 e. The van der Waals surface area contributed by atoms with Gasteiger partial charge in [-0.25, -0.2) is 0 Å². The second-order valence-electron chi connectivity index (χ2n) is 5.36. The maximum absolute atomic E-state index is 6.03. The fourth-order valence-electron chi connectivity index (χ4n) is 2.67. The summed E-state index contributed by atoms with van der Waals surface area (Å²) < 4.78 is 0. The SMILES string of the molecule is Clc1ccc(C2=Nc3ccccc3S[C@H](c3cccs3)C2)cc1. The Hall–Kier alpha value is -1.55. The van der Waals surface area contributed by atoms with Crippen molar-refractivity contribution in [3.05, 3.63) is 81.5 Å². The molecule has 0 aliphatic carbocycles. The smallest absolute Gasteiger partial charge is 0.0769 e. The van der Waals surface area contributed by atoms with Crippen LogP contribution in [0.1, 0.15) is 22.1 Å². The number of fused-ring (bicyclic) bond motifs is 1. The lowest BCUT2D eigenvalue weighted by Crippen LogP contribution is -2.04. The summed E-state index contributed by atoms with van der Waals surface area (Å²) in [4.78, 5) is 7.60. The topological polar surface area (TPSA) is 12.4 Å². The van der Waals surface area contributed by atoms with Gasteiger partial charge in [0.1, 0.15) is 0 Å². The lowest BCUT2D eigenvalue weighted by molar-refractivity contribution is 1.04. The highest BCUT2D eigenvalue weighted by Gasteiger charge is 2.22. The van der Waals surface area contributed by atoms with Crippen LogP contribution in [0.2, 0.25) is 5.02 Å². The van der Waals surface area contributed by atoms with Crippen molar-refractivity contribution < 1.29 is 0 Å². The van der Waals surface area contributed by atoms with Gasteiger partial charge in [-0.05, 0) is 41.3 Å². The molecule has 0 spiro atoms. The van der Waals surface area contributed by atoms with Gasteiger partial charge < -0.3 is 0 Å². The Balaban J connectivity index is 1.80. The number of aliphatic imine (C=N–C) groups is 1. The predicted molar refractivity (Wildman–Crippen MR) is 102 cm³/mol. The van der Waals surface area contributed by atoms with Crippen LogP contribution >= 0.6 is 34.7 Å². The Bertz CT molecular complexity index is 838. The number of thioether (sulfide) groups is 1. The number of thiophene rings is 1. The first-order valence-electron chi connectivity index (χ1n) is 7.42.